The number of rotatable bonds is 6. The molecule has 0 aromatic heterocycles. The maximum atomic E-state index is 8.71. The molecule has 0 aliphatic carbocycles. The highest BCUT2D eigenvalue weighted by Crippen LogP contribution is 2.22. The van der Waals surface area contributed by atoms with Crippen LogP contribution in [0.4, 0.5) is 5.69 Å². The molecule has 1 aromatic rings. The van der Waals surface area contributed by atoms with Crippen molar-refractivity contribution in [2.24, 2.45) is 0 Å². The molecule has 16 heavy (non-hydrogen) atoms. The van der Waals surface area contributed by atoms with Gasteiger partial charge in [-0.3, -0.25) is 0 Å². The molecule has 0 fully saturated rings. The summed E-state index contributed by atoms with van der Waals surface area (Å²) in [5, 5.41) is 12.1. The highest BCUT2D eigenvalue weighted by molar-refractivity contribution is 5.53. The highest BCUT2D eigenvalue weighted by atomic mass is 16.2. The Hall–Kier alpha value is -1.02. The number of aryl methyl sites for hydroxylation is 1. The third-order valence-electron chi connectivity index (χ3n) is 2.83. The van der Waals surface area contributed by atoms with E-state index in [1.807, 2.05) is 0 Å². The van der Waals surface area contributed by atoms with Gasteiger partial charge in [-0.15, -0.1) is 0 Å². The molecule has 1 rings (SSSR count). The van der Waals surface area contributed by atoms with E-state index in [2.05, 4.69) is 44.3 Å². The summed E-state index contributed by atoms with van der Waals surface area (Å²) in [6.07, 6.45) is 1.89. The molecule has 0 unspecified atom stereocenters. The second-order valence-corrected chi connectivity index (χ2v) is 4.59. The second kappa shape index (κ2) is 6.54. The molecule has 1 aromatic carbocycles. The maximum absolute atomic E-state index is 8.71. The summed E-state index contributed by atoms with van der Waals surface area (Å²) in [5.41, 5.74) is 3.88. The fraction of sp³-hybridized carbons (Fsp3) is 0.571. The minimum absolute atomic E-state index is 0.284. The van der Waals surface area contributed by atoms with Crippen LogP contribution in [0.5, 0.6) is 0 Å². The second-order valence-electron chi connectivity index (χ2n) is 4.59. The van der Waals surface area contributed by atoms with Crippen LogP contribution in [0, 0.1) is 6.92 Å². The SMILES string of the molecule is Cc1ccc(C(C)C)cc1NCCCCO. The van der Waals surface area contributed by atoms with Gasteiger partial charge in [-0.25, -0.2) is 0 Å². The third kappa shape index (κ3) is 3.86. The molecule has 0 saturated heterocycles. The number of hydrogen-bond donors (Lipinski definition) is 2. The Morgan fingerprint density at radius 2 is 2.00 bits per heavy atom. The van der Waals surface area contributed by atoms with Crippen molar-refractivity contribution in [1.82, 2.24) is 0 Å². The molecule has 0 saturated carbocycles. The zero-order valence-electron chi connectivity index (χ0n) is 10.6. The molecule has 0 aliphatic rings. The number of aliphatic hydroxyl groups excluding tert-OH is 1. The van der Waals surface area contributed by atoms with Gasteiger partial charge in [0, 0.05) is 18.8 Å². The Morgan fingerprint density at radius 3 is 2.62 bits per heavy atom. The molecular formula is C14H23NO. The Labute approximate surface area is 98.7 Å². The number of nitrogens with one attached hydrogen (secondary N) is 1. The lowest BCUT2D eigenvalue weighted by Crippen LogP contribution is -2.04. The minimum Gasteiger partial charge on any atom is -0.396 e. The van der Waals surface area contributed by atoms with Crippen LogP contribution in [0.25, 0.3) is 0 Å². The molecule has 0 bridgehead atoms. The van der Waals surface area contributed by atoms with Crippen molar-refractivity contribution in [3.63, 3.8) is 0 Å². The van der Waals surface area contributed by atoms with Gasteiger partial charge in [0.25, 0.3) is 0 Å². The minimum atomic E-state index is 0.284. The first-order valence-electron chi connectivity index (χ1n) is 6.10. The average molecular weight is 221 g/mol. The number of aliphatic hydroxyl groups is 1. The van der Waals surface area contributed by atoms with Crippen LogP contribution in [0.15, 0.2) is 18.2 Å². The predicted octanol–water partition coefficient (Wildman–Crippen LogP) is 3.30. The molecular weight excluding hydrogens is 198 g/mol. The molecule has 0 radical (unpaired) electrons. The summed E-state index contributed by atoms with van der Waals surface area (Å²) in [7, 11) is 0. The van der Waals surface area contributed by atoms with Crippen molar-refractivity contribution >= 4 is 5.69 Å². The first kappa shape index (κ1) is 13.0. The van der Waals surface area contributed by atoms with Gasteiger partial charge in [-0.05, 0) is 42.9 Å². The lowest BCUT2D eigenvalue weighted by atomic mass is 10.0. The van der Waals surface area contributed by atoms with Gasteiger partial charge in [-0.1, -0.05) is 26.0 Å². The normalized spacial score (nSPS) is 10.8. The van der Waals surface area contributed by atoms with E-state index in [-0.39, 0.29) is 6.61 Å². The molecule has 0 spiro atoms. The first-order valence-corrected chi connectivity index (χ1v) is 6.10. The molecule has 2 N–H and O–H groups in total. The molecule has 0 aliphatic heterocycles. The van der Waals surface area contributed by atoms with Crippen LogP contribution in [0.2, 0.25) is 0 Å². The van der Waals surface area contributed by atoms with Crippen molar-refractivity contribution < 1.29 is 5.11 Å². The van der Waals surface area contributed by atoms with Gasteiger partial charge in [-0.2, -0.15) is 0 Å². The van der Waals surface area contributed by atoms with Crippen molar-refractivity contribution in [2.75, 3.05) is 18.5 Å². The van der Waals surface area contributed by atoms with E-state index in [1.54, 1.807) is 0 Å². The molecule has 2 heteroatoms. The largest absolute Gasteiger partial charge is 0.396 e. The summed E-state index contributed by atoms with van der Waals surface area (Å²) in [5.74, 6) is 0.568. The quantitative estimate of drug-likeness (QED) is 0.722. The van der Waals surface area contributed by atoms with Gasteiger partial charge >= 0.3 is 0 Å². The van der Waals surface area contributed by atoms with Crippen LogP contribution < -0.4 is 5.32 Å². The Bertz CT molecular complexity index is 321. The summed E-state index contributed by atoms with van der Waals surface area (Å²) < 4.78 is 0. The fourth-order valence-electron chi connectivity index (χ4n) is 1.65. The van der Waals surface area contributed by atoms with E-state index in [9.17, 15) is 0 Å². The van der Waals surface area contributed by atoms with Crippen LogP contribution in [-0.4, -0.2) is 18.3 Å². The lowest BCUT2D eigenvalue weighted by Gasteiger charge is -2.13. The Morgan fingerprint density at radius 1 is 1.25 bits per heavy atom. The summed E-state index contributed by atoms with van der Waals surface area (Å²) in [4.78, 5) is 0. The van der Waals surface area contributed by atoms with Crippen LogP contribution in [-0.2, 0) is 0 Å². The van der Waals surface area contributed by atoms with Crippen LogP contribution in [0.1, 0.15) is 43.7 Å². The number of hydrogen-bond acceptors (Lipinski definition) is 2. The monoisotopic (exact) mass is 221 g/mol. The predicted molar refractivity (Wildman–Crippen MR) is 70.1 cm³/mol. The number of benzene rings is 1. The summed E-state index contributed by atoms with van der Waals surface area (Å²) >= 11 is 0. The van der Waals surface area contributed by atoms with Gasteiger partial charge in [0.05, 0.1) is 0 Å². The highest BCUT2D eigenvalue weighted by Gasteiger charge is 2.02. The van der Waals surface area contributed by atoms with Crippen LogP contribution >= 0.6 is 0 Å². The van der Waals surface area contributed by atoms with Gasteiger partial charge in [0.15, 0.2) is 0 Å². The number of unbranched alkanes of at least 4 members (excludes halogenated alkanes) is 1. The molecule has 90 valence electrons. The average Bonchev–Trinajstić information content (AvgIpc) is 2.26. The smallest absolute Gasteiger partial charge is 0.0431 e. The van der Waals surface area contributed by atoms with Crippen LogP contribution in [0.3, 0.4) is 0 Å². The van der Waals surface area contributed by atoms with Crippen molar-refractivity contribution in [1.29, 1.82) is 0 Å². The number of anilines is 1. The molecule has 0 amide bonds. The maximum Gasteiger partial charge on any atom is 0.0431 e. The Balaban J connectivity index is 2.60. The Kier molecular flexibility index (Phi) is 5.33. The van der Waals surface area contributed by atoms with E-state index >= 15 is 0 Å². The summed E-state index contributed by atoms with van der Waals surface area (Å²) in [6, 6.07) is 6.60. The van der Waals surface area contributed by atoms with E-state index in [1.165, 1.54) is 16.8 Å². The lowest BCUT2D eigenvalue weighted by molar-refractivity contribution is 0.286. The van der Waals surface area contributed by atoms with Crippen molar-refractivity contribution in [3.8, 4) is 0 Å². The zero-order chi connectivity index (χ0) is 12.0. The third-order valence-corrected chi connectivity index (χ3v) is 2.83. The molecule has 0 heterocycles. The zero-order valence-corrected chi connectivity index (χ0v) is 10.6. The molecule has 0 atom stereocenters. The van der Waals surface area contributed by atoms with E-state index in [0.717, 1.165) is 19.4 Å². The first-order chi connectivity index (χ1) is 7.65. The van der Waals surface area contributed by atoms with Crippen molar-refractivity contribution in [3.05, 3.63) is 29.3 Å². The van der Waals surface area contributed by atoms with Gasteiger partial charge in [0.2, 0.25) is 0 Å². The van der Waals surface area contributed by atoms with E-state index < -0.39 is 0 Å². The van der Waals surface area contributed by atoms with E-state index in [4.69, 9.17) is 5.11 Å². The van der Waals surface area contributed by atoms with Crippen molar-refractivity contribution in [2.45, 2.75) is 39.5 Å². The molecule has 2 nitrogen and oxygen atoms in total. The van der Waals surface area contributed by atoms with Gasteiger partial charge < -0.3 is 10.4 Å². The van der Waals surface area contributed by atoms with E-state index in [0.29, 0.717) is 5.92 Å². The summed E-state index contributed by atoms with van der Waals surface area (Å²) in [6.45, 7) is 7.76. The topological polar surface area (TPSA) is 32.3 Å². The fourth-order valence-corrected chi connectivity index (χ4v) is 1.65. The van der Waals surface area contributed by atoms with Gasteiger partial charge in [0.1, 0.15) is 0 Å². The standard InChI is InChI=1S/C14H23NO/c1-11(2)13-7-6-12(3)14(10-13)15-8-4-5-9-16/h6-7,10-11,15-16H,4-5,8-9H2,1-3H3.